The topological polar surface area (TPSA) is 34.1 Å². The van der Waals surface area contributed by atoms with Crippen molar-refractivity contribution in [3.05, 3.63) is 69.2 Å². The van der Waals surface area contributed by atoms with E-state index in [9.17, 15) is 9.59 Å². The number of hydrogen-bond acceptors (Lipinski definition) is 2. The molecular formula is C14H8Cl2O2. The van der Waals surface area contributed by atoms with Crippen LogP contribution in [0.4, 0.5) is 0 Å². The second-order valence-corrected chi connectivity index (χ2v) is 4.48. The molecule has 0 bridgehead atoms. The van der Waals surface area contributed by atoms with Crippen molar-refractivity contribution >= 4 is 35.3 Å². The van der Waals surface area contributed by atoms with Crippen molar-refractivity contribution in [3.63, 3.8) is 0 Å². The number of halogens is 2. The Labute approximate surface area is 114 Å². The van der Waals surface area contributed by atoms with Gasteiger partial charge in [0.25, 0.3) is 0 Å². The van der Waals surface area contributed by atoms with E-state index in [-0.39, 0.29) is 10.8 Å². The van der Waals surface area contributed by atoms with E-state index in [0.29, 0.717) is 28.0 Å². The maximum atomic E-state index is 12.2. The number of carbonyl (C=O) groups excluding carboxylic acids is 2. The van der Waals surface area contributed by atoms with Crippen molar-refractivity contribution in [2.75, 3.05) is 0 Å². The molecule has 0 heterocycles. The first-order chi connectivity index (χ1) is 8.63. The highest BCUT2D eigenvalue weighted by molar-refractivity contribution is 6.37. The summed E-state index contributed by atoms with van der Waals surface area (Å²) < 4.78 is 0. The van der Waals surface area contributed by atoms with Gasteiger partial charge in [-0.3, -0.25) is 9.59 Å². The fraction of sp³-hybridized carbons (Fsp3) is 0. The minimum atomic E-state index is -0.236. The normalized spacial score (nSPS) is 10.1. The van der Waals surface area contributed by atoms with Gasteiger partial charge in [-0.25, -0.2) is 0 Å². The second-order valence-electron chi connectivity index (χ2n) is 3.66. The third-order valence-electron chi connectivity index (χ3n) is 2.51. The molecule has 0 atom stereocenters. The minimum Gasteiger partial charge on any atom is -0.298 e. The number of carbonyl (C=O) groups is 2. The van der Waals surface area contributed by atoms with Crippen LogP contribution in [0.15, 0.2) is 42.5 Å². The number of ketones is 1. The van der Waals surface area contributed by atoms with E-state index in [1.54, 1.807) is 42.5 Å². The van der Waals surface area contributed by atoms with Crippen LogP contribution in [0.1, 0.15) is 26.3 Å². The summed E-state index contributed by atoms with van der Waals surface area (Å²) in [6, 6.07) is 11.3. The SMILES string of the molecule is O=Cc1cccc(C(=O)c2ccc(Cl)cc2)c1Cl. The van der Waals surface area contributed by atoms with Crippen molar-refractivity contribution in [3.8, 4) is 0 Å². The Bertz CT molecular complexity index is 604. The summed E-state index contributed by atoms with van der Waals surface area (Å²) >= 11 is 11.8. The zero-order valence-corrected chi connectivity index (χ0v) is 10.7. The second kappa shape index (κ2) is 5.34. The van der Waals surface area contributed by atoms with Gasteiger partial charge in [0.1, 0.15) is 0 Å². The lowest BCUT2D eigenvalue weighted by molar-refractivity contribution is 0.103. The van der Waals surface area contributed by atoms with Crippen molar-refractivity contribution in [1.29, 1.82) is 0 Å². The third-order valence-corrected chi connectivity index (χ3v) is 3.18. The van der Waals surface area contributed by atoms with Crippen LogP contribution in [0.25, 0.3) is 0 Å². The van der Waals surface area contributed by atoms with E-state index in [1.165, 1.54) is 0 Å². The predicted octanol–water partition coefficient (Wildman–Crippen LogP) is 4.04. The molecule has 4 heteroatoms. The van der Waals surface area contributed by atoms with E-state index < -0.39 is 0 Å². The third kappa shape index (κ3) is 2.45. The van der Waals surface area contributed by atoms with Gasteiger partial charge in [-0.2, -0.15) is 0 Å². The average Bonchev–Trinajstić information content (AvgIpc) is 2.39. The van der Waals surface area contributed by atoms with E-state index in [0.717, 1.165) is 0 Å². The standard InChI is InChI=1S/C14H8Cl2O2/c15-11-6-4-9(5-7-11)14(18)12-3-1-2-10(8-17)13(12)16/h1-8H. The van der Waals surface area contributed by atoms with E-state index in [2.05, 4.69) is 0 Å². The fourth-order valence-corrected chi connectivity index (χ4v) is 1.96. The lowest BCUT2D eigenvalue weighted by atomic mass is 10.0. The van der Waals surface area contributed by atoms with E-state index >= 15 is 0 Å². The largest absolute Gasteiger partial charge is 0.298 e. The molecule has 0 radical (unpaired) electrons. The summed E-state index contributed by atoms with van der Waals surface area (Å²) in [5.41, 5.74) is 1.09. The van der Waals surface area contributed by atoms with Crippen LogP contribution < -0.4 is 0 Å². The molecule has 0 aliphatic rings. The molecular weight excluding hydrogens is 271 g/mol. The first-order valence-electron chi connectivity index (χ1n) is 5.17. The predicted molar refractivity (Wildman–Crippen MR) is 71.7 cm³/mol. The Morgan fingerprint density at radius 3 is 2.28 bits per heavy atom. The fourth-order valence-electron chi connectivity index (χ4n) is 1.57. The zero-order chi connectivity index (χ0) is 13.1. The highest BCUT2D eigenvalue weighted by Crippen LogP contribution is 2.23. The van der Waals surface area contributed by atoms with Gasteiger partial charge in [0.15, 0.2) is 12.1 Å². The Hall–Kier alpha value is -1.64. The molecule has 0 unspecified atom stereocenters. The molecule has 2 aromatic carbocycles. The number of benzene rings is 2. The molecule has 2 aromatic rings. The zero-order valence-electron chi connectivity index (χ0n) is 9.19. The van der Waals surface area contributed by atoms with Gasteiger partial charge in [-0.1, -0.05) is 35.3 Å². The lowest BCUT2D eigenvalue weighted by Gasteiger charge is -2.05. The molecule has 90 valence electrons. The van der Waals surface area contributed by atoms with Gasteiger partial charge in [0.05, 0.1) is 5.02 Å². The molecule has 2 rings (SSSR count). The van der Waals surface area contributed by atoms with Crippen molar-refractivity contribution in [1.82, 2.24) is 0 Å². The minimum absolute atomic E-state index is 0.174. The number of aldehydes is 1. The van der Waals surface area contributed by atoms with Gasteiger partial charge in [-0.05, 0) is 30.3 Å². The molecule has 0 fully saturated rings. The quantitative estimate of drug-likeness (QED) is 0.627. The van der Waals surface area contributed by atoms with Crippen LogP contribution in [0.5, 0.6) is 0 Å². The molecule has 18 heavy (non-hydrogen) atoms. The molecule has 0 aliphatic carbocycles. The van der Waals surface area contributed by atoms with Crippen LogP contribution in [0.3, 0.4) is 0 Å². The van der Waals surface area contributed by atoms with Gasteiger partial charge in [0, 0.05) is 21.7 Å². The summed E-state index contributed by atoms with van der Waals surface area (Å²) in [5, 5.41) is 0.728. The van der Waals surface area contributed by atoms with E-state index in [1.807, 2.05) is 0 Å². The summed E-state index contributed by atoms with van der Waals surface area (Å²) in [7, 11) is 0. The Kier molecular flexibility index (Phi) is 3.80. The summed E-state index contributed by atoms with van der Waals surface area (Å²) in [6.07, 6.45) is 0.626. The van der Waals surface area contributed by atoms with Crippen LogP contribution in [-0.2, 0) is 0 Å². The van der Waals surface area contributed by atoms with Crippen molar-refractivity contribution in [2.45, 2.75) is 0 Å². The van der Waals surface area contributed by atoms with Crippen LogP contribution in [-0.4, -0.2) is 12.1 Å². The summed E-state index contributed by atoms with van der Waals surface area (Å²) in [5.74, 6) is -0.236. The van der Waals surface area contributed by atoms with Gasteiger partial charge in [-0.15, -0.1) is 0 Å². The molecule has 0 aliphatic heterocycles. The average molecular weight is 279 g/mol. The molecule has 2 nitrogen and oxygen atoms in total. The first-order valence-corrected chi connectivity index (χ1v) is 5.93. The summed E-state index contributed by atoms with van der Waals surface area (Å²) in [6.45, 7) is 0. The van der Waals surface area contributed by atoms with Crippen molar-refractivity contribution in [2.24, 2.45) is 0 Å². The highest BCUT2D eigenvalue weighted by Gasteiger charge is 2.14. The molecule has 0 aromatic heterocycles. The Balaban J connectivity index is 2.46. The van der Waals surface area contributed by atoms with Crippen LogP contribution in [0.2, 0.25) is 10.0 Å². The monoisotopic (exact) mass is 278 g/mol. The molecule has 0 amide bonds. The molecule has 0 saturated heterocycles. The maximum Gasteiger partial charge on any atom is 0.194 e. The highest BCUT2D eigenvalue weighted by atomic mass is 35.5. The van der Waals surface area contributed by atoms with Crippen molar-refractivity contribution < 1.29 is 9.59 Å². The first kappa shape index (κ1) is 12.8. The number of rotatable bonds is 3. The van der Waals surface area contributed by atoms with E-state index in [4.69, 9.17) is 23.2 Å². The smallest absolute Gasteiger partial charge is 0.194 e. The molecule has 0 spiro atoms. The van der Waals surface area contributed by atoms with Crippen LogP contribution in [0, 0.1) is 0 Å². The summed E-state index contributed by atoms with van der Waals surface area (Å²) in [4.78, 5) is 23.0. The van der Waals surface area contributed by atoms with Gasteiger partial charge in [0.2, 0.25) is 0 Å². The number of hydrogen-bond donors (Lipinski definition) is 0. The Morgan fingerprint density at radius 1 is 1.00 bits per heavy atom. The Morgan fingerprint density at radius 2 is 1.67 bits per heavy atom. The lowest BCUT2D eigenvalue weighted by Crippen LogP contribution is -2.03. The van der Waals surface area contributed by atoms with Gasteiger partial charge < -0.3 is 0 Å². The van der Waals surface area contributed by atoms with Gasteiger partial charge >= 0.3 is 0 Å². The van der Waals surface area contributed by atoms with Crippen LogP contribution >= 0.6 is 23.2 Å². The molecule has 0 saturated carbocycles. The molecule has 0 N–H and O–H groups in total. The maximum absolute atomic E-state index is 12.2.